The van der Waals surface area contributed by atoms with E-state index in [-0.39, 0.29) is 11.7 Å². The fourth-order valence-corrected chi connectivity index (χ4v) is 1.59. The van der Waals surface area contributed by atoms with Gasteiger partial charge in [0.15, 0.2) is 5.78 Å². The van der Waals surface area contributed by atoms with E-state index in [1.54, 1.807) is 12.4 Å². The SMILES string of the molecule is CCC(C)C(=O)c1ccc2nccnc2c1. The standard InChI is InChI=1S/C13H14N2O/c1-3-9(2)13(16)10-4-5-11-12(8-10)15-7-6-14-11/h4-9H,3H2,1-2H3. The summed E-state index contributed by atoms with van der Waals surface area (Å²) in [5, 5.41) is 0. The molecule has 0 aliphatic heterocycles. The highest BCUT2D eigenvalue weighted by molar-refractivity contribution is 6.00. The zero-order valence-electron chi connectivity index (χ0n) is 9.47. The van der Waals surface area contributed by atoms with Crippen LogP contribution in [0.3, 0.4) is 0 Å². The third kappa shape index (κ3) is 1.94. The second kappa shape index (κ2) is 4.39. The van der Waals surface area contributed by atoms with Gasteiger partial charge < -0.3 is 0 Å². The summed E-state index contributed by atoms with van der Waals surface area (Å²) in [4.78, 5) is 20.3. The first-order valence-corrected chi connectivity index (χ1v) is 5.47. The predicted molar refractivity (Wildman–Crippen MR) is 63.3 cm³/mol. The number of fused-ring (bicyclic) bond motifs is 1. The Bertz CT molecular complexity index is 522. The maximum atomic E-state index is 12.0. The molecule has 0 amide bonds. The number of Topliss-reactive ketones (excluding diaryl/α,β-unsaturated/α-hetero) is 1. The zero-order valence-corrected chi connectivity index (χ0v) is 9.47. The molecular formula is C13H14N2O. The van der Waals surface area contributed by atoms with E-state index in [1.807, 2.05) is 32.0 Å². The van der Waals surface area contributed by atoms with Crippen LogP contribution in [0.25, 0.3) is 11.0 Å². The Morgan fingerprint density at radius 3 is 2.62 bits per heavy atom. The average Bonchev–Trinajstić information content (AvgIpc) is 2.36. The van der Waals surface area contributed by atoms with Gasteiger partial charge in [-0.25, -0.2) is 0 Å². The van der Waals surface area contributed by atoms with Gasteiger partial charge in [-0.3, -0.25) is 14.8 Å². The summed E-state index contributed by atoms with van der Waals surface area (Å²) >= 11 is 0. The quantitative estimate of drug-likeness (QED) is 0.738. The van der Waals surface area contributed by atoms with Gasteiger partial charge in [-0.1, -0.05) is 13.8 Å². The molecule has 3 nitrogen and oxygen atoms in total. The summed E-state index contributed by atoms with van der Waals surface area (Å²) in [6.07, 6.45) is 4.15. The molecule has 0 radical (unpaired) electrons. The average molecular weight is 214 g/mol. The number of carbonyl (C=O) groups excluding carboxylic acids is 1. The molecule has 16 heavy (non-hydrogen) atoms. The van der Waals surface area contributed by atoms with Crippen LogP contribution in [0.2, 0.25) is 0 Å². The van der Waals surface area contributed by atoms with Gasteiger partial charge in [0, 0.05) is 23.9 Å². The monoisotopic (exact) mass is 214 g/mol. The van der Waals surface area contributed by atoms with Crippen molar-refractivity contribution in [2.75, 3.05) is 0 Å². The van der Waals surface area contributed by atoms with Crippen LogP contribution in [0.5, 0.6) is 0 Å². The summed E-state index contributed by atoms with van der Waals surface area (Å²) in [6.45, 7) is 3.96. The van der Waals surface area contributed by atoms with Crippen LogP contribution in [0.4, 0.5) is 0 Å². The largest absolute Gasteiger partial charge is 0.294 e. The van der Waals surface area contributed by atoms with Gasteiger partial charge in [0.2, 0.25) is 0 Å². The highest BCUT2D eigenvalue weighted by Gasteiger charge is 2.13. The first-order chi connectivity index (χ1) is 7.72. The number of nitrogens with zero attached hydrogens (tertiary/aromatic N) is 2. The van der Waals surface area contributed by atoms with E-state index in [2.05, 4.69) is 9.97 Å². The molecule has 1 atom stereocenters. The molecule has 0 N–H and O–H groups in total. The van der Waals surface area contributed by atoms with E-state index in [1.165, 1.54) is 0 Å². The molecular weight excluding hydrogens is 200 g/mol. The van der Waals surface area contributed by atoms with Crippen molar-refractivity contribution in [2.24, 2.45) is 5.92 Å². The van der Waals surface area contributed by atoms with E-state index in [0.29, 0.717) is 0 Å². The maximum absolute atomic E-state index is 12.0. The van der Waals surface area contributed by atoms with Crippen LogP contribution in [-0.2, 0) is 0 Å². The van der Waals surface area contributed by atoms with Crippen LogP contribution in [0.1, 0.15) is 30.6 Å². The predicted octanol–water partition coefficient (Wildman–Crippen LogP) is 2.86. The fourth-order valence-electron chi connectivity index (χ4n) is 1.59. The zero-order chi connectivity index (χ0) is 11.5. The molecule has 1 unspecified atom stereocenters. The molecule has 0 aliphatic carbocycles. The first kappa shape index (κ1) is 10.7. The number of hydrogen-bond donors (Lipinski definition) is 0. The molecule has 3 heteroatoms. The summed E-state index contributed by atoms with van der Waals surface area (Å²) in [6, 6.07) is 5.49. The highest BCUT2D eigenvalue weighted by atomic mass is 16.1. The van der Waals surface area contributed by atoms with Gasteiger partial charge in [0.1, 0.15) is 0 Å². The lowest BCUT2D eigenvalue weighted by Crippen LogP contribution is -2.10. The Morgan fingerprint density at radius 2 is 1.94 bits per heavy atom. The summed E-state index contributed by atoms with van der Waals surface area (Å²) < 4.78 is 0. The molecule has 1 aromatic carbocycles. The van der Waals surface area contributed by atoms with Gasteiger partial charge >= 0.3 is 0 Å². The van der Waals surface area contributed by atoms with Gasteiger partial charge in [-0.15, -0.1) is 0 Å². The molecule has 2 rings (SSSR count). The lowest BCUT2D eigenvalue weighted by atomic mass is 9.97. The van der Waals surface area contributed by atoms with Crippen molar-refractivity contribution in [3.8, 4) is 0 Å². The van der Waals surface area contributed by atoms with Gasteiger partial charge in [0.25, 0.3) is 0 Å². The Hall–Kier alpha value is -1.77. The summed E-state index contributed by atoms with van der Waals surface area (Å²) in [7, 11) is 0. The molecule has 82 valence electrons. The Balaban J connectivity index is 2.43. The Labute approximate surface area is 94.5 Å². The number of rotatable bonds is 3. The van der Waals surface area contributed by atoms with E-state index in [4.69, 9.17) is 0 Å². The smallest absolute Gasteiger partial charge is 0.165 e. The number of carbonyl (C=O) groups is 1. The van der Waals surface area contributed by atoms with Crippen molar-refractivity contribution in [1.82, 2.24) is 9.97 Å². The molecule has 2 aromatic rings. The topological polar surface area (TPSA) is 42.9 Å². The Kier molecular flexibility index (Phi) is 2.95. The highest BCUT2D eigenvalue weighted by Crippen LogP contribution is 2.16. The van der Waals surface area contributed by atoms with Crippen LogP contribution in [0, 0.1) is 5.92 Å². The van der Waals surface area contributed by atoms with Crippen molar-refractivity contribution in [3.63, 3.8) is 0 Å². The minimum atomic E-state index is 0.0640. The van der Waals surface area contributed by atoms with E-state index in [0.717, 1.165) is 23.0 Å². The van der Waals surface area contributed by atoms with Gasteiger partial charge in [-0.05, 0) is 24.6 Å². The number of ketones is 1. The van der Waals surface area contributed by atoms with Crippen molar-refractivity contribution in [3.05, 3.63) is 36.2 Å². The molecule has 0 saturated heterocycles. The van der Waals surface area contributed by atoms with E-state index >= 15 is 0 Å². The van der Waals surface area contributed by atoms with E-state index in [9.17, 15) is 4.79 Å². The van der Waals surface area contributed by atoms with Crippen LogP contribution >= 0.6 is 0 Å². The van der Waals surface area contributed by atoms with Crippen molar-refractivity contribution >= 4 is 16.8 Å². The molecule has 0 fully saturated rings. The van der Waals surface area contributed by atoms with Crippen molar-refractivity contribution < 1.29 is 4.79 Å². The summed E-state index contributed by atoms with van der Waals surface area (Å²) in [5.41, 5.74) is 2.32. The first-order valence-electron chi connectivity index (χ1n) is 5.47. The second-order valence-corrected chi connectivity index (χ2v) is 3.93. The minimum absolute atomic E-state index is 0.0640. The fraction of sp³-hybridized carbons (Fsp3) is 0.308. The molecule has 1 aromatic heterocycles. The second-order valence-electron chi connectivity index (χ2n) is 3.93. The van der Waals surface area contributed by atoms with E-state index < -0.39 is 0 Å². The molecule has 0 aliphatic rings. The maximum Gasteiger partial charge on any atom is 0.165 e. The summed E-state index contributed by atoms with van der Waals surface area (Å²) in [5.74, 6) is 0.240. The van der Waals surface area contributed by atoms with Crippen molar-refractivity contribution in [2.45, 2.75) is 20.3 Å². The molecule has 0 saturated carbocycles. The number of hydrogen-bond acceptors (Lipinski definition) is 3. The Morgan fingerprint density at radius 1 is 1.25 bits per heavy atom. The van der Waals surface area contributed by atoms with Crippen LogP contribution in [-0.4, -0.2) is 15.8 Å². The van der Waals surface area contributed by atoms with Crippen LogP contribution < -0.4 is 0 Å². The minimum Gasteiger partial charge on any atom is -0.294 e. The van der Waals surface area contributed by atoms with Gasteiger partial charge in [0.05, 0.1) is 11.0 Å². The molecule has 0 bridgehead atoms. The third-order valence-corrected chi connectivity index (χ3v) is 2.81. The normalized spacial score (nSPS) is 12.6. The van der Waals surface area contributed by atoms with Gasteiger partial charge in [-0.2, -0.15) is 0 Å². The number of benzene rings is 1. The molecule has 0 spiro atoms. The lowest BCUT2D eigenvalue weighted by Gasteiger charge is -2.07. The van der Waals surface area contributed by atoms with Crippen molar-refractivity contribution in [1.29, 1.82) is 0 Å². The third-order valence-electron chi connectivity index (χ3n) is 2.81. The van der Waals surface area contributed by atoms with Crippen LogP contribution in [0.15, 0.2) is 30.6 Å². The molecule has 1 heterocycles. The lowest BCUT2D eigenvalue weighted by molar-refractivity contribution is 0.0927. The number of aromatic nitrogens is 2.